The van der Waals surface area contributed by atoms with Crippen LogP contribution in [-0.2, 0) is 21.4 Å². The van der Waals surface area contributed by atoms with Gasteiger partial charge in [-0.2, -0.15) is 5.10 Å². The summed E-state index contributed by atoms with van der Waals surface area (Å²) in [5, 5.41) is 16.3. The number of nitrogens with zero attached hydrogens (tertiary/aromatic N) is 3. The molecule has 3 aromatic rings. The molecule has 2 atom stereocenters. The molecule has 4 rings (SSSR count). The van der Waals surface area contributed by atoms with Crippen molar-refractivity contribution in [3.63, 3.8) is 0 Å². The first-order valence-corrected chi connectivity index (χ1v) is 14.7. The fraction of sp³-hybridized carbons (Fsp3) is 0.276. The largest absolute Gasteiger partial charge is 0.392 e. The number of sulfonamides is 1. The lowest BCUT2D eigenvalue weighted by Crippen LogP contribution is -2.47. The molecule has 0 aliphatic carbocycles. The number of carbonyl (C=O) groups is 1. The van der Waals surface area contributed by atoms with Crippen molar-refractivity contribution in [2.45, 2.75) is 43.7 Å². The van der Waals surface area contributed by atoms with Gasteiger partial charge in [0.05, 0.1) is 17.2 Å². The summed E-state index contributed by atoms with van der Waals surface area (Å²) < 4.78 is 29.4. The Bertz CT molecular complexity index is 1490. The van der Waals surface area contributed by atoms with E-state index in [0.29, 0.717) is 29.3 Å². The summed E-state index contributed by atoms with van der Waals surface area (Å²) in [7, 11) is -4.13. The molecule has 40 heavy (non-hydrogen) atoms. The number of primary amides is 1. The minimum absolute atomic E-state index is 0.0290. The highest BCUT2D eigenvalue weighted by atomic mass is 35.5. The number of amides is 1. The number of rotatable bonds is 8. The summed E-state index contributed by atoms with van der Waals surface area (Å²) >= 11 is 6.15. The number of nitrogens with one attached hydrogen (secondary N) is 1. The zero-order valence-electron chi connectivity index (χ0n) is 22.2. The average molecular weight is 582 g/mol. The molecule has 0 fully saturated rings. The maximum absolute atomic E-state index is 13.4. The Morgan fingerprint density at radius 1 is 1.10 bits per heavy atom. The molecule has 1 aliphatic heterocycles. The normalized spacial score (nSPS) is 16.9. The molecule has 1 aliphatic rings. The van der Waals surface area contributed by atoms with E-state index < -0.39 is 22.0 Å². The van der Waals surface area contributed by atoms with Gasteiger partial charge in [0.1, 0.15) is 6.04 Å². The van der Waals surface area contributed by atoms with E-state index in [0.717, 1.165) is 11.1 Å². The molecule has 9 nitrogen and oxygen atoms in total. The van der Waals surface area contributed by atoms with Gasteiger partial charge in [-0.3, -0.25) is 4.79 Å². The van der Waals surface area contributed by atoms with Crippen LogP contribution >= 0.6 is 11.6 Å². The van der Waals surface area contributed by atoms with Crippen molar-refractivity contribution in [1.29, 1.82) is 0 Å². The van der Waals surface area contributed by atoms with Gasteiger partial charge in [0.2, 0.25) is 11.9 Å². The van der Waals surface area contributed by atoms with Crippen molar-refractivity contribution in [2.24, 2.45) is 21.7 Å². The highest BCUT2D eigenvalue weighted by molar-refractivity contribution is 7.90. The summed E-state index contributed by atoms with van der Waals surface area (Å²) in [6, 6.07) is 22.0. The fourth-order valence-electron chi connectivity index (χ4n) is 4.45. The van der Waals surface area contributed by atoms with Gasteiger partial charge in [0.25, 0.3) is 10.0 Å². The molecule has 4 N–H and O–H groups in total. The number of aliphatic imine (C=N–C) groups is 1. The number of hydrazone groups is 1. The van der Waals surface area contributed by atoms with Gasteiger partial charge in [0.15, 0.2) is 0 Å². The predicted octanol–water partition coefficient (Wildman–Crippen LogP) is 3.87. The number of guanidine groups is 1. The van der Waals surface area contributed by atoms with E-state index in [2.05, 4.69) is 9.71 Å². The smallest absolute Gasteiger partial charge is 0.264 e. The van der Waals surface area contributed by atoms with Crippen LogP contribution in [0.3, 0.4) is 0 Å². The summed E-state index contributed by atoms with van der Waals surface area (Å²) in [5.74, 6) is -1.15. The Morgan fingerprint density at radius 2 is 1.75 bits per heavy atom. The van der Waals surface area contributed by atoms with E-state index in [1.807, 2.05) is 42.5 Å². The number of aliphatic hydroxyl groups is 1. The zero-order chi connectivity index (χ0) is 28.9. The molecule has 0 radical (unpaired) electrons. The molecular formula is C29H32ClN5O4S. The van der Waals surface area contributed by atoms with Crippen LogP contribution in [-0.4, -0.2) is 48.7 Å². The summed E-state index contributed by atoms with van der Waals surface area (Å²) in [6.45, 7) is 3.67. The zero-order valence-corrected chi connectivity index (χ0v) is 23.8. The number of carbonyl (C=O) groups excluding carboxylic acids is 1. The van der Waals surface area contributed by atoms with Gasteiger partial charge in [-0.25, -0.2) is 23.1 Å². The molecule has 0 saturated heterocycles. The first-order valence-electron chi connectivity index (χ1n) is 12.9. The summed E-state index contributed by atoms with van der Waals surface area (Å²) in [6.07, 6.45) is 0.598. The standard InChI is InChI=1S/C29H32ClN5O4S/c1-19(2)26(28(31)37)32-29(34-40(38,39)24-14-8-20(18-36)9-15-24)35-17-16-25(21-6-4-3-5-7-21)27(33-35)22-10-12-23(30)13-11-22/h3-15,19,25-26,36H,16-18H2,1-2H3,(H2,31,37)(H,32,34). The summed E-state index contributed by atoms with van der Waals surface area (Å²) in [4.78, 5) is 16.7. The Morgan fingerprint density at radius 3 is 2.33 bits per heavy atom. The van der Waals surface area contributed by atoms with Crippen LogP contribution in [0, 0.1) is 5.92 Å². The van der Waals surface area contributed by atoms with Gasteiger partial charge in [-0.1, -0.05) is 80.0 Å². The molecule has 11 heteroatoms. The van der Waals surface area contributed by atoms with E-state index >= 15 is 0 Å². The Hall–Kier alpha value is -3.73. The Labute approximate surface area is 239 Å². The van der Waals surface area contributed by atoms with Crippen molar-refractivity contribution in [3.05, 3.63) is 101 Å². The second-order valence-electron chi connectivity index (χ2n) is 9.82. The van der Waals surface area contributed by atoms with Crippen molar-refractivity contribution in [1.82, 2.24) is 9.73 Å². The monoisotopic (exact) mass is 581 g/mol. The van der Waals surface area contributed by atoms with Crippen LogP contribution in [0.4, 0.5) is 0 Å². The number of hydrogen-bond acceptors (Lipinski definition) is 6. The molecule has 3 aromatic carbocycles. The minimum Gasteiger partial charge on any atom is -0.392 e. The quantitative estimate of drug-likeness (QED) is 0.274. The lowest BCUT2D eigenvalue weighted by molar-refractivity contribution is -0.120. The topological polar surface area (TPSA) is 137 Å². The predicted molar refractivity (Wildman–Crippen MR) is 156 cm³/mol. The van der Waals surface area contributed by atoms with E-state index in [4.69, 9.17) is 22.4 Å². The minimum atomic E-state index is -4.13. The molecule has 0 bridgehead atoms. The van der Waals surface area contributed by atoms with Gasteiger partial charge in [0, 0.05) is 17.5 Å². The SMILES string of the molecule is CC(C)C(N=C(NS(=O)(=O)c1ccc(CO)cc1)N1CCC(c2ccccc2)C(c2ccc(Cl)cc2)=N1)C(N)=O. The maximum Gasteiger partial charge on any atom is 0.264 e. The molecule has 2 unspecified atom stereocenters. The van der Waals surface area contributed by atoms with Gasteiger partial charge in [-0.05, 0) is 53.3 Å². The number of benzene rings is 3. The third kappa shape index (κ3) is 6.88. The van der Waals surface area contributed by atoms with Gasteiger partial charge >= 0.3 is 0 Å². The third-order valence-electron chi connectivity index (χ3n) is 6.60. The summed E-state index contributed by atoms with van der Waals surface area (Å²) in [5.41, 5.74) is 8.80. The first-order chi connectivity index (χ1) is 19.1. The van der Waals surface area contributed by atoms with Gasteiger partial charge in [-0.15, -0.1) is 0 Å². The van der Waals surface area contributed by atoms with Crippen molar-refractivity contribution in [3.8, 4) is 0 Å². The van der Waals surface area contributed by atoms with Crippen LogP contribution in [0.25, 0.3) is 0 Å². The molecule has 210 valence electrons. The second kappa shape index (κ2) is 12.6. The lowest BCUT2D eigenvalue weighted by Gasteiger charge is -2.32. The van der Waals surface area contributed by atoms with E-state index in [9.17, 15) is 18.3 Å². The van der Waals surface area contributed by atoms with Crippen LogP contribution in [0.2, 0.25) is 5.02 Å². The van der Waals surface area contributed by atoms with Crippen LogP contribution in [0.15, 0.2) is 93.9 Å². The highest BCUT2D eigenvalue weighted by Crippen LogP contribution is 2.30. The highest BCUT2D eigenvalue weighted by Gasteiger charge is 2.31. The van der Waals surface area contributed by atoms with Gasteiger partial charge < -0.3 is 10.8 Å². The number of halogens is 1. The molecule has 0 spiro atoms. The Balaban J connectivity index is 1.81. The van der Waals surface area contributed by atoms with Crippen LogP contribution in [0.1, 0.15) is 42.9 Å². The number of nitrogens with two attached hydrogens (primary N) is 1. The van der Waals surface area contributed by atoms with Crippen molar-refractivity contribution >= 4 is 39.2 Å². The van der Waals surface area contributed by atoms with Crippen LogP contribution in [0.5, 0.6) is 0 Å². The average Bonchev–Trinajstić information content (AvgIpc) is 2.95. The molecule has 1 amide bonds. The molecular weight excluding hydrogens is 550 g/mol. The number of hydrogen-bond donors (Lipinski definition) is 3. The molecule has 0 aromatic heterocycles. The molecule has 0 saturated carbocycles. The third-order valence-corrected chi connectivity index (χ3v) is 8.20. The van der Waals surface area contributed by atoms with E-state index in [1.165, 1.54) is 29.3 Å². The van der Waals surface area contributed by atoms with Crippen LogP contribution < -0.4 is 10.5 Å². The lowest BCUT2D eigenvalue weighted by atomic mass is 9.86. The maximum atomic E-state index is 13.4. The number of aliphatic hydroxyl groups excluding tert-OH is 1. The second-order valence-corrected chi connectivity index (χ2v) is 11.9. The molecule has 1 heterocycles. The van der Waals surface area contributed by atoms with E-state index in [1.54, 1.807) is 26.0 Å². The van der Waals surface area contributed by atoms with Crippen molar-refractivity contribution < 1.29 is 18.3 Å². The van der Waals surface area contributed by atoms with E-state index in [-0.39, 0.29) is 29.3 Å². The first kappa shape index (κ1) is 29.3. The van der Waals surface area contributed by atoms with Crippen molar-refractivity contribution in [2.75, 3.05) is 6.54 Å². The Kier molecular flexibility index (Phi) is 9.24. The fourth-order valence-corrected chi connectivity index (χ4v) is 5.59.